The second-order valence-corrected chi connectivity index (χ2v) is 5.18. The van der Waals surface area contributed by atoms with Crippen LogP contribution in [0, 0.1) is 0 Å². The highest BCUT2D eigenvalue weighted by Gasteiger charge is 2.18. The normalized spacial score (nSPS) is 20.6. The van der Waals surface area contributed by atoms with Crippen molar-refractivity contribution in [3.63, 3.8) is 0 Å². The third-order valence-electron chi connectivity index (χ3n) is 3.79. The van der Waals surface area contributed by atoms with E-state index in [0.717, 1.165) is 6.61 Å². The monoisotopic (exact) mass is 242 g/mol. The van der Waals surface area contributed by atoms with Crippen LogP contribution in [0.1, 0.15) is 46.0 Å². The fraction of sp³-hybridized carbons (Fsp3) is 1.00. The van der Waals surface area contributed by atoms with Gasteiger partial charge in [-0.25, -0.2) is 0 Å². The molecular formula is C14H30N2O. The van der Waals surface area contributed by atoms with Gasteiger partial charge in [-0.1, -0.05) is 6.42 Å². The van der Waals surface area contributed by atoms with E-state index in [1.165, 1.54) is 51.7 Å². The Morgan fingerprint density at radius 2 is 2.00 bits per heavy atom. The van der Waals surface area contributed by atoms with E-state index >= 15 is 0 Å². The molecule has 1 fully saturated rings. The molecule has 0 spiro atoms. The van der Waals surface area contributed by atoms with Crippen molar-refractivity contribution in [2.75, 3.05) is 33.3 Å². The van der Waals surface area contributed by atoms with E-state index in [4.69, 9.17) is 4.74 Å². The lowest BCUT2D eigenvalue weighted by molar-refractivity contribution is 0.0140. The van der Waals surface area contributed by atoms with Gasteiger partial charge in [-0.2, -0.15) is 0 Å². The van der Waals surface area contributed by atoms with Crippen LogP contribution in [-0.2, 0) is 4.74 Å². The molecule has 102 valence electrons. The minimum atomic E-state index is 0.528. The average molecular weight is 242 g/mol. The fourth-order valence-electron chi connectivity index (χ4n) is 2.47. The maximum Gasteiger partial charge on any atom is 0.0599 e. The van der Waals surface area contributed by atoms with Gasteiger partial charge < -0.3 is 15.0 Å². The molecule has 1 saturated heterocycles. The van der Waals surface area contributed by atoms with Gasteiger partial charge in [0.1, 0.15) is 0 Å². The fourth-order valence-corrected chi connectivity index (χ4v) is 2.47. The van der Waals surface area contributed by atoms with Crippen LogP contribution in [0.15, 0.2) is 0 Å². The maximum absolute atomic E-state index is 5.67. The van der Waals surface area contributed by atoms with Crippen LogP contribution >= 0.6 is 0 Å². The van der Waals surface area contributed by atoms with Gasteiger partial charge in [-0.15, -0.1) is 0 Å². The molecule has 0 radical (unpaired) electrons. The molecule has 0 bridgehead atoms. The lowest BCUT2D eigenvalue weighted by Gasteiger charge is -2.31. The molecule has 1 atom stereocenters. The van der Waals surface area contributed by atoms with Crippen molar-refractivity contribution in [2.24, 2.45) is 0 Å². The van der Waals surface area contributed by atoms with Crippen molar-refractivity contribution in [3.8, 4) is 0 Å². The third kappa shape index (κ3) is 6.39. The molecule has 3 nitrogen and oxygen atoms in total. The van der Waals surface area contributed by atoms with E-state index in [-0.39, 0.29) is 0 Å². The minimum absolute atomic E-state index is 0.528. The number of unbranched alkanes of at least 4 members (excludes halogenated alkanes) is 1. The van der Waals surface area contributed by atoms with Gasteiger partial charge in [-0.3, -0.25) is 0 Å². The standard InChI is InChI=1S/C14H30N2O/c1-4-17-14-8-11-16(12-9-14)10-6-5-7-13(2)15-3/h13-15H,4-12H2,1-3H3. The number of piperidine rings is 1. The van der Waals surface area contributed by atoms with Crippen LogP contribution < -0.4 is 5.32 Å². The highest BCUT2D eigenvalue weighted by atomic mass is 16.5. The highest BCUT2D eigenvalue weighted by molar-refractivity contribution is 4.72. The molecule has 1 aliphatic heterocycles. The number of nitrogens with one attached hydrogen (secondary N) is 1. The van der Waals surface area contributed by atoms with Crippen molar-refractivity contribution in [1.82, 2.24) is 10.2 Å². The summed E-state index contributed by atoms with van der Waals surface area (Å²) in [5, 5.41) is 3.29. The number of hydrogen-bond donors (Lipinski definition) is 1. The van der Waals surface area contributed by atoms with Gasteiger partial charge in [0.15, 0.2) is 0 Å². The van der Waals surface area contributed by atoms with E-state index in [1.54, 1.807) is 0 Å². The lowest BCUT2D eigenvalue weighted by Crippen LogP contribution is -2.37. The molecule has 3 heteroatoms. The molecule has 1 rings (SSSR count). The zero-order valence-corrected chi connectivity index (χ0v) is 11.9. The summed E-state index contributed by atoms with van der Waals surface area (Å²) in [5.74, 6) is 0. The summed E-state index contributed by atoms with van der Waals surface area (Å²) in [4.78, 5) is 2.60. The SMILES string of the molecule is CCOC1CCN(CCCCC(C)NC)CC1. The highest BCUT2D eigenvalue weighted by Crippen LogP contribution is 2.14. The van der Waals surface area contributed by atoms with E-state index in [1.807, 2.05) is 7.05 Å². The Morgan fingerprint density at radius 3 is 2.59 bits per heavy atom. The zero-order chi connectivity index (χ0) is 12.5. The van der Waals surface area contributed by atoms with Crippen LogP contribution in [0.2, 0.25) is 0 Å². The minimum Gasteiger partial charge on any atom is -0.378 e. The van der Waals surface area contributed by atoms with Crippen LogP contribution in [0.4, 0.5) is 0 Å². The molecule has 0 amide bonds. The molecule has 0 saturated carbocycles. The summed E-state index contributed by atoms with van der Waals surface area (Å²) in [7, 11) is 2.04. The summed E-state index contributed by atoms with van der Waals surface area (Å²) in [6.45, 7) is 8.95. The molecule has 0 aromatic rings. The molecule has 1 N–H and O–H groups in total. The quantitative estimate of drug-likeness (QED) is 0.661. The number of rotatable bonds is 8. The first-order valence-electron chi connectivity index (χ1n) is 7.27. The second kappa shape index (κ2) is 8.90. The maximum atomic E-state index is 5.67. The van der Waals surface area contributed by atoms with Crippen LogP contribution in [0.3, 0.4) is 0 Å². The first kappa shape index (κ1) is 14.9. The summed E-state index contributed by atoms with van der Waals surface area (Å²) >= 11 is 0. The predicted octanol–water partition coefficient (Wildman–Crippen LogP) is 2.27. The molecule has 0 aromatic heterocycles. The number of likely N-dealkylation sites (tertiary alicyclic amines) is 1. The zero-order valence-electron chi connectivity index (χ0n) is 11.9. The molecule has 0 aromatic carbocycles. The molecular weight excluding hydrogens is 212 g/mol. The van der Waals surface area contributed by atoms with Crippen LogP contribution in [0.5, 0.6) is 0 Å². The van der Waals surface area contributed by atoms with Gasteiger partial charge >= 0.3 is 0 Å². The Kier molecular flexibility index (Phi) is 7.82. The van der Waals surface area contributed by atoms with Gasteiger partial charge in [0.2, 0.25) is 0 Å². The molecule has 17 heavy (non-hydrogen) atoms. The topological polar surface area (TPSA) is 24.5 Å². The first-order chi connectivity index (χ1) is 8.26. The van der Waals surface area contributed by atoms with Crippen molar-refractivity contribution in [2.45, 2.75) is 58.1 Å². The van der Waals surface area contributed by atoms with E-state index in [0.29, 0.717) is 12.1 Å². The second-order valence-electron chi connectivity index (χ2n) is 5.18. The van der Waals surface area contributed by atoms with Gasteiger partial charge in [-0.05, 0) is 53.1 Å². The third-order valence-corrected chi connectivity index (χ3v) is 3.79. The first-order valence-corrected chi connectivity index (χ1v) is 7.27. The summed E-state index contributed by atoms with van der Waals surface area (Å²) < 4.78 is 5.67. The van der Waals surface area contributed by atoms with Crippen molar-refractivity contribution < 1.29 is 4.74 Å². The molecule has 1 heterocycles. The largest absolute Gasteiger partial charge is 0.378 e. The van der Waals surface area contributed by atoms with E-state index in [2.05, 4.69) is 24.1 Å². The van der Waals surface area contributed by atoms with Gasteiger partial charge in [0.05, 0.1) is 6.10 Å². The number of nitrogens with zero attached hydrogens (tertiary/aromatic N) is 1. The van der Waals surface area contributed by atoms with Crippen molar-refractivity contribution >= 4 is 0 Å². The molecule has 0 aliphatic carbocycles. The Morgan fingerprint density at radius 1 is 1.29 bits per heavy atom. The Balaban J connectivity index is 1.99. The summed E-state index contributed by atoms with van der Waals surface area (Å²) in [6, 6.07) is 0.665. The van der Waals surface area contributed by atoms with Crippen molar-refractivity contribution in [1.29, 1.82) is 0 Å². The van der Waals surface area contributed by atoms with E-state index < -0.39 is 0 Å². The smallest absolute Gasteiger partial charge is 0.0599 e. The molecule has 1 aliphatic rings. The van der Waals surface area contributed by atoms with Gasteiger partial charge in [0.25, 0.3) is 0 Å². The summed E-state index contributed by atoms with van der Waals surface area (Å²) in [5.41, 5.74) is 0. The van der Waals surface area contributed by atoms with Crippen LogP contribution in [-0.4, -0.2) is 50.3 Å². The van der Waals surface area contributed by atoms with E-state index in [9.17, 15) is 0 Å². The summed E-state index contributed by atoms with van der Waals surface area (Å²) in [6.07, 6.45) is 6.95. The molecule has 1 unspecified atom stereocenters. The average Bonchev–Trinajstić information content (AvgIpc) is 2.36. The lowest BCUT2D eigenvalue weighted by atomic mass is 10.1. The number of hydrogen-bond acceptors (Lipinski definition) is 3. The number of ether oxygens (including phenoxy) is 1. The Bertz CT molecular complexity index is 179. The predicted molar refractivity (Wildman–Crippen MR) is 73.5 cm³/mol. The Labute approximate surface area is 107 Å². The van der Waals surface area contributed by atoms with Gasteiger partial charge in [0, 0.05) is 25.7 Å². The Hall–Kier alpha value is -0.120. The van der Waals surface area contributed by atoms with Crippen molar-refractivity contribution in [3.05, 3.63) is 0 Å². The van der Waals surface area contributed by atoms with Crippen LogP contribution in [0.25, 0.3) is 0 Å².